The molecular formula is C26H46N2O3Si. The molecule has 6 heteroatoms. The van der Waals surface area contributed by atoms with E-state index in [-0.39, 0.29) is 11.0 Å². The summed E-state index contributed by atoms with van der Waals surface area (Å²) in [4.78, 5) is 16.2. The van der Waals surface area contributed by atoms with Gasteiger partial charge in [0.1, 0.15) is 0 Å². The number of nitrogens with zero attached hydrogens (tertiary/aromatic N) is 1. The van der Waals surface area contributed by atoms with Crippen molar-refractivity contribution in [2.75, 3.05) is 25.6 Å². The van der Waals surface area contributed by atoms with E-state index in [4.69, 9.17) is 14.1 Å². The molecule has 1 saturated carbocycles. The van der Waals surface area contributed by atoms with Gasteiger partial charge in [0.25, 0.3) is 0 Å². The van der Waals surface area contributed by atoms with Crippen molar-refractivity contribution < 1.29 is 14.0 Å². The largest absolute Gasteiger partial charge is 0.469 e. The molecule has 182 valence electrons. The minimum atomic E-state index is -1.79. The molecule has 0 saturated heterocycles. The lowest BCUT2D eigenvalue weighted by Gasteiger charge is -2.40. The second-order valence-corrected chi connectivity index (χ2v) is 15.9. The first-order valence-electron chi connectivity index (χ1n) is 12.4. The number of carbonyl (C=O) groups excluding carboxylic acids is 1. The average molecular weight is 463 g/mol. The standard InChI is InChI=1S/C26H46N2O3Si/c1-20(2)14-17-32(7,26(3,4)5)31-16-15-27-23-12-13-24(28-19-23)22-10-8-21(9-11-22)18-25(29)30-6/h12-13,19-22,27H,8-11,14-18H2,1-7H3. The van der Waals surface area contributed by atoms with Crippen LogP contribution in [0.3, 0.4) is 0 Å². The van der Waals surface area contributed by atoms with E-state index >= 15 is 0 Å². The predicted molar refractivity (Wildman–Crippen MR) is 136 cm³/mol. The van der Waals surface area contributed by atoms with Crippen molar-refractivity contribution in [3.05, 3.63) is 24.0 Å². The summed E-state index contributed by atoms with van der Waals surface area (Å²) in [5, 5.41) is 3.72. The zero-order valence-corrected chi connectivity index (χ0v) is 22.5. The first-order chi connectivity index (χ1) is 15.0. The van der Waals surface area contributed by atoms with Crippen LogP contribution in [0.4, 0.5) is 5.69 Å². The first kappa shape index (κ1) is 26.8. The van der Waals surface area contributed by atoms with Gasteiger partial charge < -0.3 is 14.5 Å². The van der Waals surface area contributed by atoms with Gasteiger partial charge in [-0.2, -0.15) is 0 Å². The molecule has 1 N–H and O–H groups in total. The van der Waals surface area contributed by atoms with Gasteiger partial charge in [-0.05, 0) is 67.3 Å². The Morgan fingerprint density at radius 3 is 2.44 bits per heavy atom. The molecule has 1 unspecified atom stereocenters. The van der Waals surface area contributed by atoms with Gasteiger partial charge in [0, 0.05) is 24.6 Å². The van der Waals surface area contributed by atoms with E-state index in [2.05, 4.69) is 58.6 Å². The average Bonchev–Trinajstić information content (AvgIpc) is 2.75. The highest BCUT2D eigenvalue weighted by Crippen LogP contribution is 2.41. The van der Waals surface area contributed by atoms with Gasteiger partial charge in [-0.15, -0.1) is 0 Å². The SMILES string of the molecule is COC(=O)CC1CCC(c2ccc(NCCO[Si](C)(CCC(C)C)C(C)(C)C)cn2)CC1. The quantitative estimate of drug-likeness (QED) is 0.223. The molecule has 1 aromatic heterocycles. The van der Waals surface area contributed by atoms with Crippen LogP contribution in [-0.2, 0) is 14.0 Å². The third-order valence-corrected chi connectivity index (χ3v) is 12.6. The molecule has 0 spiro atoms. The number of nitrogens with one attached hydrogen (secondary N) is 1. The lowest BCUT2D eigenvalue weighted by molar-refractivity contribution is -0.142. The summed E-state index contributed by atoms with van der Waals surface area (Å²) in [6.07, 6.45) is 8.09. The molecule has 0 aromatic carbocycles. The highest BCUT2D eigenvalue weighted by atomic mass is 28.4. The van der Waals surface area contributed by atoms with Gasteiger partial charge in [0.15, 0.2) is 8.32 Å². The van der Waals surface area contributed by atoms with Crippen LogP contribution >= 0.6 is 0 Å². The number of anilines is 1. The molecule has 0 radical (unpaired) electrons. The first-order valence-corrected chi connectivity index (χ1v) is 15.1. The molecule has 1 fully saturated rings. The Balaban J connectivity index is 1.78. The van der Waals surface area contributed by atoms with Crippen molar-refractivity contribution in [3.63, 3.8) is 0 Å². The second-order valence-electron chi connectivity index (χ2n) is 11.2. The van der Waals surface area contributed by atoms with Crippen molar-refractivity contribution in [1.29, 1.82) is 0 Å². The topological polar surface area (TPSA) is 60.5 Å². The van der Waals surface area contributed by atoms with Crippen LogP contribution in [0.5, 0.6) is 0 Å². The summed E-state index contributed by atoms with van der Waals surface area (Å²) in [5.74, 6) is 1.60. The van der Waals surface area contributed by atoms with Crippen molar-refractivity contribution in [2.45, 2.75) is 96.7 Å². The highest BCUT2D eigenvalue weighted by molar-refractivity contribution is 6.75. The molecule has 1 aliphatic rings. The molecule has 0 aliphatic heterocycles. The van der Waals surface area contributed by atoms with Gasteiger partial charge in [-0.3, -0.25) is 9.78 Å². The van der Waals surface area contributed by atoms with Crippen molar-refractivity contribution in [2.24, 2.45) is 11.8 Å². The van der Waals surface area contributed by atoms with Gasteiger partial charge in [0.2, 0.25) is 0 Å². The zero-order valence-electron chi connectivity index (χ0n) is 21.5. The van der Waals surface area contributed by atoms with Gasteiger partial charge >= 0.3 is 5.97 Å². The number of methoxy groups -OCH3 is 1. The van der Waals surface area contributed by atoms with Crippen molar-refractivity contribution in [3.8, 4) is 0 Å². The van der Waals surface area contributed by atoms with E-state index in [0.717, 1.165) is 50.4 Å². The monoisotopic (exact) mass is 462 g/mol. The fourth-order valence-corrected chi connectivity index (χ4v) is 7.44. The highest BCUT2D eigenvalue weighted by Gasteiger charge is 2.41. The van der Waals surface area contributed by atoms with Crippen molar-refractivity contribution in [1.82, 2.24) is 4.98 Å². The molecule has 0 amide bonds. The summed E-state index contributed by atoms with van der Waals surface area (Å²) >= 11 is 0. The van der Waals surface area contributed by atoms with E-state index in [0.29, 0.717) is 18.3 Å². The number of hydrogen-bond acceptors (Lipinski definition) is 5. The Morgan fingerprint density at radius 1 is 1.22 bits per heavy atom. The lowest BCUT2D eigenvalue weighted by atomic mass is 9.79. The number of pyridine rings is 1. The molecule has 1 aromatic rings. The van der Waals surface area contributed by atoms with Crippen LogP contribution < -0.4 is 5.32 Å². The number of aromatic nitrogens is 1. The van der Waals surface area contributed by atoms with E-state index in [1.165, 1.54) is 25.3 Å². The van der Waals surface area contributed by atoms with Gasteiger partial charge in [0.05, 0.1) is 25.6 Å². The van der Waals surface area contributed by atoms with E-state index in [1.54, 1.807) is 0 Å². The number of ether oxygens (including phenoxy) is 1. The number of esters is 1. The predicted octanol–water partition coefficient (Wildman–Crippen LogP) is 6.77. The molecular weight excluding hydrogens is 416 g/mol. The third kappa shape index (κ3) is 8.18. The molecule has 1 aliphatic carbocycles. The maximum Gasteiger partial charge on any atom is 0.305 e. The third-order valence-electron chi connectivity index (χ3n) is 7.37. The van der Waals surface area contributed by atoms with E-state index in [9.17, 15) is 4.79 Å². The maximum absolute atomic E-state index is 11.5. The maximum atomic E-state index is 11.5. The Kier molecular flexibility index (Phi) is 10.2. The van der Waals surface area contributed by atoms with Crippen LogP contribution in [-0.4, -0.2) is 39.5 Å². The van der Waals surface area contributed by atoms with Crippen LogP contribution in [0.2, 0.25) is 17.6 Å². The molecule has 32 heavy (non-hydrogen) atoms. The lowest BCUT2D eigenvalue weighted by Crippen LogP contribution is -2.45. The Bertz CT molecular complexity index is 694. The molecule has 0 bridgehead atoms. The molecule has 1 heterocycles. The Hall–Kier alpha value is -1.40. The van der Waals surface area contributed by atoms with Gasteiger partial charge in [-0.25, -0.2) is 0 Å². The second kappa shape index (κ2) is 12.2. The fraction of sp³-hybridized carbons (Fsp3) is 0.769. The summed E-state index contributed by atoms with van der Waals surface area (Å²) in [6.45, 7) is 15.5. The minimum absolute atomic E-state index is 0.0867. The smallest absolute Gasteiger partial charge is 0.305 e. The van der Waals surface area contributed by atoms with Gasteiger partial charge in [-0.1, -0.05) is 41.0 Å². The molecule has 5 nitrogen and oxygen atoms in total. The number of carbonyl (C=O) groups is 1. The van der Waals surface area contributed by atoms with E-state index < -0.39 is 8.32 Å². The molecule has 2 rings (SSSR count). The summed E-state index contributed by atoms with van der Waals surface area (Å²) < 4.78 is 11.4. The summed E-state index contributed by atoms with van der Waals surface area (Å²) in [6, 6.07) is 5.51. The number of hydrogen-bond donors (Lipinski definition) is 1. The van der Waals surface area contributed by atoms with E-state index in [1.807, 2.05) is 6.20 Å². The fourth-order valence-electron chi connectivity index (χ4n) is 4.43. The number of rotatable bonds is 11. The van der Waals surface area contributed by atoms with Crippen LogP contribution in [0.1, 0.15) is 84.8 Å². The van der Waals surface area contributed by atoms with Crippen LogP contribution in [0.25, 0.3) is 0 Å². The van der Waals surface area contributed by atoms with Crippen molar-refractivity contribution >= 4 is 20.0 Å². The Labute approximate surface area is 197 Å². The van der Waals surface area contributed by atoms with Crippen LogP contribution in [0, 0.1) is 11.8 Å². The Morgan fingerprint density at radius 2 is 1.91 bits per heavy atom. The zero-order chi connectivity index (χ0) is 23.8. The minimum Gasteiger partial charge on any atom is -0.469 e. The summed E-state index contributed by atoms with van der Waals surface area (Å²) in [7, 11) is -0.317. The normalized spacial score (nSPS) is 21.2. The molecule has 1 atom stereocenters. The van der Waals surface area contributed by atoms with Crippen LogP contribution in [0.15, 0.2) is 18.3 Å². The summed E-state index contributed by atoms with van der Waals surface area (Å²) in [5.41, 5.74) is 2.22.